The Morgan fingerprint density at radius 1 is 1.39 bits per heavy atom. The number of likely N-dealkylation sites (tertiary alicyclic amines) is 1. The zero-order valence-corrected chi connectivity index (χ0v) is 13.7. The Labute approximate surface area is 136 Å². The Kier molecular flexibility index (Phi) is 4.65. The van der Waals surface area contributed by atoms with E-state index >= 15 is 0 Å². The van der Waals surface area contributed by atoms with Crippen LogP contribution in [0.4, 0.5) is 0 Å². The molecule has 0 radical (unpaired) electrons. The summed E-state index contributed by atoms with van der Waals surface area (Å²) in [5, 5.41) is 4.21. The van der Waals surface area contributed by atoms with Gasteiger partial charge < -0.3 is 9.64 Å². The molecule has 1 aromatic carbocycles. The van der Waals surface area contributed by atoms with Crippen LogP contribution in [0.5, 0.6) is 5.75 Å². The van der Waals surface area contributed by atoms with Gasteiger partial charge in [0, 0.05) is 32.3 Å². The summed E-state index contributed by atoms with van der Waals surface area (Å²) >= 11 is 0. The fraction of sp³-hybridized carbons (Fsp3) is 0.444. The van der Waals surface area contributed by atoms with Crippen LogP contribution in [0, 0.1) is 12.8 Å². The van der Waals surface area contributed by atoms with Crippen LogP contribution in [0.25, 0.3) is 0 Å². The Morgan fingerprint density at radius 2 is 2.26 bits per heavy atom. The predicted molar refractivity (Wildman–Crippen MR) is 88.5 cm³/mol. The maximum absolute atomic E-state index is 12.5. The number of carbonyl (C=O) groups is 1. The van der Waals surface area contributed by atoms with E-state index in [9.17, 15) is 4.79 Å². The van der Waals surface area contributed by atoms with Crippen LogP contribution in [0.3, 0.4) is 0 Å². The average Bonchev–Trinajstić information content (AvgIpc) is 2.99. The molecular formula is C18H23N3O2. The van der Waals surface area contributed by atoms with Crippen LogP contribution >= 0.6 is 0 Å². The van der Waals surface area contributed by atoms with Crippen molar-refractivity contribution in [3.8, 4) is 5.75 Å². The number of hydrogen-bond donors (Lipinski definition) is 0. The Balaban J connectivity index is 1.56. The van der Waals surface area contributed by atoms with Gasteiger partial charge >= 0.3 is 0 Å². The predicted octanol–water partition coefficient (Wildman–Crippen LogP) is 2.66. The molecule has 23 heavy (non-hydrogen) atoms. The van der Waals surface area contributed by atoms with Gasteiger partial charge in [-0.25, -0.2) is 0 Å². The Morgan fingerprint density at radius 3 is 3.00 bits per heavy atom. The van der Waals surface area contributed by atoms with Crippen molar-refractivity contribution in [3.05, 3.63) is 47.8 Å². The molecule has 122 valence electrons. The number of amides is 1. The zero-order chi connectivity index (χ0) is 16.2. The number of carbonyl (C=O) groups excluding carboxylic acids is 1. The summed E-state index contributed by atoms with van der Waals surface area (Å²) in [6.45, 7) is 4.24. The highest BCUT2D eigenvalue weighted by molar-refractivity contribution is 5.92. The second-order valence-corrected chi connectivity index (χ2v) is 6.26. The molecule has 2 aromatic rings. The molecule has 0 spiro atoms. The third-order valence-corrected chi connectivity index (χ3v) is 4.21. The molecule has 0 N–H and O–H groups in total. The fourth-order valence-corrected chi connectivity index (χ4v) is 3.00. The number of nitrogens with zero attached hydrogens (tertiary/aromatic N) is 3. The molecule has 3 rings (SSSR count). The van der Waals surface area contributed by atoms with Crippen molar-refractivity contribution < 1.29 is 9.53 Å². The van der Waals surface area contributed by atoms with E-state index in [4.69, 9.17) is 4.74 Å². The van der Waals surface area contributed by atoms with Crippen LogP contribution in [-0.2, 0) is 7.05 Å². The van der Waals surface area contributed by atoms with E-state index in [2.05, 4.69) is 18.1 Å². The number of rotatable bonds is 4. The molecule has 1 amide bonds. The van der Waals surface area contributed by atoms with E-state index in [1.165, 1.54) is 5.56 Å². The molecule has 1 aromatic heterocycles. The van der Waals surface area contributed by atoms with E-state index in [0.717, 1.165) is 31.7 Å². The van der Waals surface area contributed by atoms with Gasteiger partial charge in [-0.3, -0.25) is 9.48 Å². The second kappa shape index (κ2) is 6.86. The van der Waals surface area contributed by atoms with Crippen molar-refractivity contribution in [1.82, 2.24) is 14.7 Å². The van der Waals surface area contributed by atoms with E-state index in [0.29, 0.717) is 18.2 Å². The lowest BCUT2D eigenvalue weighted by molar-refractivity contribution is 0.0627. The Bertz CT molecular complexity index is 680. The van der Waals surface area contributed by atoms with Crippen LogP contribution in [0.1, 0.15) is 28.9 Å². The number of aryl methyl sites for hydroxylation is 2. The largest absolute Gasteiger partial charge is 0.493 e. The van der Waals surface area contributed by atoms with Gasteiger partial charge in [0.2, 0.25) is 0 Å². The van der Waals surface area contributed by atoms with E-state index < -0.39 is 0 Å². The first kappa shape index (κ1) is 15.6. The lowest BCUT2D eigenvalue weighted by atomic mass is 9.98. The normalized spacial score (nSPS) is 18.0. The van der Waals surface area contributed by atoms with Gasteiger partial charge in [0.15, 0.2) is 0 Å². The summed E-state index contributed by atoms with van der Waals surface area (Å²) in [4.78, 5) is 14.4. The van der Waals surface area contributed by atoms with Crippen molar-refractivity contribution in [3.63, 3.8) is 0 Å². The summed E-state index contributed by atoms with van der Waals surface area (Å²) in [7, 11) is 1.82. The molecule has 1 aliphatic rings. The van der Waals surface area contributed by atoms with Crippen LogP contribution in [0.15, 0.2) is 36.5 Å². The molecule has 1 saturated heterocycles. The molecule has 0 unspecified atom stereocenters. The van der Waals surface area contributed by atoms with E-state index in [1.807, 2.05) is 30.1 Å². The number of aromatic nitrogens is 2. The SMILES string of the molecule is Cc1cccc(OC[C@H]2CCCN(C(=O)c3ccn(C)n3)C2)c1. The minimum absolute atomic E-state index is 0.0193. The van der Waals surface area contributed by atoms with Crippen LogP contribution < -0.4 is 4.74 Å². The van der Waals surface area contributed by atoms with Gasteiger partial charge in [0.05, 0.1) is 6.61 Å². The molecule has 2 heterocycles. The van der Waals surface area contributed by atoms with Crippen LogP contribution in [-0.4, -0.2) is 40.3 Å². The van der Waals surface area contributed by atoms with Crippen molar-refractivity contribution in [1.29, 1.82) is 0 Å². The third kappa shape index (κ3) is 3.92. The molecular weight excluding hydrogens is 290 g/mol. The van der Waals surface area contributed by atoms with Crippen molar-refractivity contribution >= 4 is 5.91 Å². The second-order valence-electron chi connectivity index (χ2n) is 6.26. The minimum Gasteiger partial charge on any atom is -0.493 e. The first-order valence-corrected chi connectivity index (χ1v) is 8.10. The lowest BCUT2D eigenvalue weighted by Crippen LogP contribution is -2.41. The fourth-order valence-electron chi connectivity index (χ4n) is 3.00. The zero-order valence-electron chi connectivity index (χ0n) is 13.7. The monoisotopic (exact) mass is 313 g/mol. The summed E-state index contributed by atoms with van der Waals surface area (Å²) in [5.74, 6) is 1.29. The van der Waals surface area contributed by atoms with Gasteiger partial charge in [-0.1, -0.05) is 12.1 Å². The van der Waals surface area contributed by atoms with Gasteiger partial charge in [-0.15, -0.1) is 0 Å². The number of hydrogen-bond acceptors (Lipinski definition) is 3. The standard InChI is InChI=1S/C18H23N3O2/c1-14-5-3-7-16(11-14)23-13-15-6-4-9-21(12-15)18(22)17-8-10-20(2)19-17/h3,5,7-8,10-11,15H,4,6,9,12-13H2,1-2H3/t15-/m0/s1. The smallest absolute Gasteiger partial charge is 0.274 e. The highest BCUT2D eigenvalue weighted by Crippen LogP contribution is 2.20. The van der Waals surface area contributed by atoms with Crippen molar-refractivity contribution in [2.45, 2.75) is 19.8 Å². The van der Waals surface area contributed by atoms with Crippen LogP contribution in [0.2, 0.25) is 0 Å². The molecule has 0 bridgehead atoms. The highest BCUT2D eigenvalue weighted by Gasteiger charge is 2.26. The molecule has 0 saturated carbocycles. The number of ether oxygens (including phenoxy) is 1. The quantitative estimate of drug-likeness (QED) is 0.872. The maximum atomic E-state index is 12.5. The first-order valence-electron chi connectivity index (χ1n) is 8.10. The molecule has 1 aliphatic heterocycles. The lowest BCUT2D eigenvalue weighted by Gasteiger charge is -2.32. The molecule has 0 aliphatic carbocycles. The third-order valence-electron chi connectivity index (χ3n) is 4.21. The molecule has 1 atom stereocenters. The summed E-state index contributed by atoms with van der Waals surface area (Å²) in [5.41, 5.74) is 1.71. The van der Waals surface area contributed by atoms with Crippen molar-refractivity contribution in [2.24, 2.45) is 13.0 Å². The number of piperidine rings is 1. The van der Waals surface area contributed by atoms with Gasteiger partial charge in [-0.05, 0) is 43.5 Å². The maximum Gasteiger partial charge on any atom is 0.274 e. The number of benzene rings is 1. The summed E-state index contributed by atoms with van der Waals surface area (Å²) in [6.07, 6.45) is 3.91. The molecule has 1 fully saturated rings. The summed E-state index contributed by atoms with van der Waals surface area (Å²) < 4.78 is 7.57. The highest BCUT2D eigenvalue weighted by atomic mass is 16.5. The van der Waals surface area contributed by atoms with E-state index in [1.54, 1.807) is 16.9 Å². The first-order chi connectivity index (χ1) is 11.1. The Hall–Kier alpha value is -2.30. The average molecular weight is 313 g/mol. The van der Waals surface area contributed by atoms with Gasteiger partial charge in [0.1, 0.15) is 11.4 Å². The van der Waals surface area contributed by atoms with Crippen molar-refractivity contribution in [2.75, 3.05) is 19.7 Å². The van der Waals surface area contributed by atoms with Gasteiger partial charge in [-0.2, -0.15) is 5.10 Å². The molecule has 5 nitrogen and oxygen atoms in total. The van der Waals surface area contributed by atoms with Gasteiger partial charge in [0.25, 0.3) is 5.91 Å². The van der Waals surface area contributed by atoms with E-state index in [-0.39, 0.29) is 5.91 Å². The summed E-state index contributed by atoms with van der Waals surface area (Å²) in [6, 6.07) is 9.85. The topological polar surface area (TPSA) is 47.4 Å². The minimum atomic E-state index is 0.0193. The molecule has 5 heteroatoms.